The fourth-order valence-electron chi connectivity index (χ4n) is 2.65. The first-order chi connectivity index (χ1) is 8.05. The lowest BCUT2D eigenvalue weighted by Gasteiger charge is -2.19. The van der Waals surface area contributed by atoms with Crippen molar-refractivity contribution in [2.45, 2.75) is 38.5 Å². The highest BCUT2D eigenvalue weighted by molar-refractivity contribution is 5.47. The van der Waals surface area contributed by atoms with Crippen LogP contribution in [0.15, 0.2) is 18.2 Å². The van der Waals surface area contributed by atoms with Gasteiger partial charge in [0, 0.05) is 11.0 Å². The molecule has 94 valence electrons. The summed E-state index contributed by atoms with van der Waals surface area (Å²) in [6, 6.07) is 6.40. The van der Waals surface area contributed by atoms with E-state index in [1.165, 1.54) is 11.1 Å². The lowest BCUT2D eigenvalue weighted by atomic mass is 9.90. The summed E-state index contributed by atoms with van der Waals surface area (Å²) in [6.07, 6.45) is 1.06. The van der Waals surface area contributed by atoms with Crippen molar-refractivity contribution in [3.63, 3.8) is 0 Å². The number of hydrogen-bond acceptors (Lipinski definition) is 2. The van der Waals surface area contributed by atoms with Crippen LogP contribution in [0.2, 0.25) is 0 Å². The molecule has 0 aliphatic heterocycles. The zero-order valence-corrected chi connectivity index (χ0v) is 11.2. The molecule has 2 atom stereocenters. The summed E-state index contributed by atoms with van der Waals surface area (Å²) in [7, 11) is 1.71. The molecule has 1 fully saturated rings. The third kappa shape index (κ3) is 1.95. The molecule has 0 saturated heterocycles. The highest BCUT2D eigenvalue weighted by Gasteiger charge is 2.53. The first-order valence-electron chi connectivity index (χ1n) is 6.34. The van der Waals surface area contributed by atoms with E-state index in [1.54, 1.807) is 7.11 Å². The lowest BCUT2D eigenvalue weighted by Crippen LogP contribution is -2.16. The second kappa shape index (κ2) is 4.34. The molecule has 0 amide bonds. The molecule has 1 aliphatic rings. The van der Waals surface area contributed by atoms with Crippen molar-refractivity contribution < 1.29 is 9.84 Å². The van der Waals surface area contributed by atoms with E-state index in [9.17, 15) is 5.11 Å². The maximum Gasteiger partial charge on any atom is 0.122 e. The maximum absolute atomic E-state index is 9.62. The van der Waals surface area contributed by atoms with Crippen molar-refractivity contribution in [2.24, 2.45) is 5.92 Å². The monoisotopic (exact) mass is 234 g/mol. The molecule has 0 heterocycles. The van der Waals surface area contributed by atoms with Crippen LogP contribution in [0.1, 0.15) is 44.2 Å². The van der Waals surface area contributed by atoms with Crippen LogP contribution in [0.3, 0.4) is 0 Å². The van der Waals surface area contributed by atoms with Crippen LogP contribution >= 0.6 is 0 Å². The number of rotatable bonds is 4. The first-order valence-corrected chi connectivity index (χ1v) is 6.34. The van der Waals surface area contributed by atoms with Gasteiger partial charge in [-0.15, -0.1) is 0 Å². The molecule has 0 radical (unpaired) electrons. The highest BCUT2D eigenvalue weighted by Crippen LogP contribution is 2.56. The Balaban J connectivity index is 2.42. The Morgan fingerprint density at radius 2 is 2.12 bits per heavy atom. The SMILES string of the molecule is COc1cc(C(C)C)ccc1C1(CO)CC1C. The molecule has 1 aliphatic carbocycles. The number of aliphatic hydroxyl groups excluding tert-OH is 1. The molecule has 1 aromatic rings. The fourth-order valence-corrected chi connectivity index (χ4v) is 2.65. The molecule has 1 N–H and O–H groups in total. The molecule has 2 nitrogen and oxygen atoms in total. The smallest absolute Gasteiger partial charge is 0.122 e. The molecule has 0 aromatic heterocycles. The van der Waals surface area contributed by atoms with Crippen LogP contribution in [0.4, 0.5) is 0 Å². The van der Waals surface area contributed by atoms with Crippen LogP contribution in [0.25, 0.3) is 0 Å². The van der Waals surface area contributed by atoms with Crippen LogP contribution in [0.5, 0.6) is 5.75 Å². The average Bonchev–Trinajstić information content (AvgIpc) is 3.00. The summed E-state index contributed by atoms with van der Waals surface area (Å²) in [5.74, 6) is 1.97. The highest BCUT2D eigenvalue weighted by atomic mass is 16.5. The molecule has 0 spiro atoms. The topological polar surface area (TPSA) is 29.5 Å². The van der Waals surface area contributed by atoms with Crippen molar-refractivity contribution in [1.82, 2.24) is 0 Å². The Bertz CT molecular complexity index is 407. The van der Waals surface area contributed by atoms with Crippen LogP contribution in [0, 0.1) is 5.92 Å². The first kappa shape index (κ1) is 12.4. The summed E-state index contributed by atoms with van der Waals surface area (Å²) in [5.41, 5.74) is 2.40. The Morgan fingerprint density at radius 1 is 1.47 bits per heavy atom. The lowest BCUT2D eigenvalue weighted by molar-refractivity contribution is 0.243. The minimum Gasteiger partial charge on any atom is -0.496 e. The van der Waals surface area contributed by atoms with Crippen LogP contribution in [-0.4, -0.2) is 18.8 Å². The number of benzene rings is 1. The normalized spacial score (nSPS) is 27.3. The van der Waals surface area contributed by atoms with Crippen molar-refractivity contribution >= 4 is 0 Å². The van der Waals surface area contributed by atoms with Crippen molar-refractivity contribution in [3.05, 3.63) is 29.3 Å². The number of aliphatic hydroxyl groups is 1. The van der Waals surface area contributed by atoms with Gasteiger partial charge in [-0.2, -0.15) is 0 Å². The predicted molar refractivity (Wildman–Crippen MR) is 69.6 cm³/mol. The second-order valence-electron chi connectivity index (χ2n) is 5.53. The van der Waals surface area contributed by atoms with Gasteiger partial charge in [0.25, 0.3) is 0 Å². The second-order valence-corrected chi connectivity index (χ2v) is 5.53. The van der Waals surface area contributed by atoms with Gasteiger partial charge in [-0.3, -0.25) is 0 Å². The molecule has 1 saturated carbocycles. The molecular weight excluding hydrogens is 212 g/mol. The van der Waals surface area contributed by atoms with Gasteiger partial charge in [0.05, 0.1) is 13.7 Å². The van der Waals surface area contributed by atoms with E-state index in [-0.39, 0.29) is 12.0 Å². The van der Waals surface area contributed by atoms with Gasteiger partial charge in [0.1, 0.15) is 5.75 Å². The van der Waals surface area contributed by atoms with Crippen LogP contribution < -0.4 is 4.74 Å². The molecule has 17 heavy (non-hydrogen) atoms. The van der Waals surface area contributed by atoms with Gasteiger partial charge in [-0.1, -0.05) is 32.9 Å². The van der Waals surface area contributed by atoms with E-state index in [4.69, 9.17) is 4.74 Å². The van der Waals surface area contributed by atoms with Crippen molar-refractivity contribution in [3.8, 4) is 5.75 Å². The molecule has 0 bridgehead atoms. The zero-order chi connectivity index (χ0) is 12.6. The molecule has 1 aromatic carbocycles. The minimum absolute atomic E-state index is 0.0547. The molecular formula is C15H22O2. The molecule has 2 heteroatoms. The van der Waals surface area contributed by atoms with E-state index >= 15 is 0 Å². The van der Waals surface area contributed by atoms with Crippen molar-refractivity contribution in [1.29, 1.82) is 0 Å². The summed E-state index contributed by atoms with van der Waals surface area (Å²) >= 11 is 0. The van der Waals surface area contributed by atoms with E-state index < -0.39 is 0 Å². The Hall–Kier alpha value is -1.02. The van der Waals surface area contributed by atoms with Gasteiger partial charge in [0.15, 0.2) is 0 Å². The van der Waals surface area contributed by atoms with Gasteiger partial charge < -0.3 is 9.84 Å². The largest absolute Gasteiger partial charge is 0.496 e. The maximum atomic E-state index is 9.62. The standard InChI is InChI=1S/C15H22O2/c1-10(2)12-5-6-13(14(7-12)17-4)15(9-16)8-11(15)3/h5-7,10-11,16H,8-9H2,1-4H3. The van der Waals surface area contributed by atoms with E-state index in [0.29, 0.717) is 11.8 Å². The summed E-state index contributed by atoms with van der Waals surface area (Å²) in [4.78, 5) is 0. The summed E-state index contributed by atoms with van der Waals surface area (Å²) in [5, 5.41) is 9.62. The van der Waals surface area contributed by atoms with Crippen molar-refractivity contribution in [2.75, 3.05) is 13.7 Å². The molecule has 2 rings (SSSR count). The van der Waals surface area contributed by atoms with Gasteiger partial charge >= 0.3 is 0 Å². The molecule has 2 unspecified atom stereocenters. The Labute approximate surface area is 104 Å². The zero-order valence-electron chi connectivity index (χ0n) is 11.2. The Kier molecular flexibility index (Phi) is 3.17. The number of ether oxygens (including phenoxy) is 1. The van der Waals surface area contributed by atoms with Gasteiger partial charge in [-0.25, -0.2) is 0 Å². The van der Waals surface area contributed by atoms with E-state index in [1.807, 2.05) is 0 Å². The predicted octanol–water partition coefficient (Wildman–Crippen LogP) is 3.09. The quantitative estimate of drug-likeness (QED) is 0.867. The Morgan fingerprint density at radius 3 is 2.53 bits per heavy atom. The van der Waals surface area contributed by atoms with E-state index in [2.05, 4.69) is 39.0 Å². The average molecular weight is 234 g/mol. The van der Waals surface area contributed by atoms with E-state index in [0.717, 1.165) is 12.2 Å². The summed E-state index contributed by atoms with van der Waals surface area (Å²) < 4.78 is 5.50. The third-order valence-electron chi connectivity index (χ3n) is 4.16. The minimum atomic E-state index is -0.0547. The van der Waals surface area contributed by atoms with Gasteiger partial charge in [-0.05, 0) is 29.9 Å². The summed E-state index contributed by atoms with van der Waals surface area (Å²) in [6.45, 7) is 6.75. The van der Waals surface area contributed by atoms with Crippen LogP contribution in [-0.2, 0) is 5.41 Å². The number of hydrogen-bond donors (Lipinski definition) is 1. The van der Waals surface area contributed by atoms with Gasteiger partial charge in [0.2, 0.25) is 0 Å². The third-order valence-corrected chi connectivity index (χ3v) is 4.16. The number of methoxy groups -OCH3 is 1. The fraction of sp³-hybridized carbons (Fsp3) is 0.600.